The topological polar surface area (TPSA) is 173 Å². The van der Waals surface area contributed by atoms with Crippen molar-refractivity contribution < 1.29 is 32.5 Å². The Morgan fingerprint density at radius 3 is 2.56 bits per heavy atom. The Balaban J connectivity index is 1.79. The third kappa shape index (κ3) is 6.46. The average Bonchev–Trinajstić information content (AvgIpc) is 3.36. The number of methoxy groups -OCH3 is 3. The van der Waals surface area contributed by atoms with Gasteiger partial charge in [-0.2, -0.15) is 0 Å². The molecular weight excluding hydrogens is 554 g/mol. The van der Waals surface area contributed by atoms with E-state index in [-0.39, 0.29) is 53.0 Å². The van der Waals surface area contributed by atoms with E-state index in [2.05, 4.69) is 42.0 Å². The van der Waals surface area contributed by atoms with Crippen LogP contribution in [0.25, 0.3) is 17.2 Å². The summed E-state index contributed by atoms with van der Waals surface area (Å²) in [7, 11) is 0.0998. The van der Waals surface area contributed by atoms with Gasteiger partial charge in [0.25, 0.3) is 0 Å². The van der Waals surface area contributed by atoms with Crippen LogP contribution in [-0.4, -0.2) is 83.0 Å². The van der Waals surface area contributed by atoms with Crippen molar-refractivity contribution in [3.63, 3.8) is 0 Å². The zero-order chi connectivity index (χ0) is 29.6. The van der Waals surface area contributed by atoms with Crippen molar-refractivity contribution in [3.05, 3.63) is 60.2 Å². The molecule has 0 aliphatic rings. The fourth-order valence-corrected chi connectivity index (χ4v) is 4.93. The summed E-state index contributed by atoms with van der Waals surface area (Å²) >= 11 is 0. The molecule has 0 aliphatic heterocycles. The zero-order valence-electron chi connectivity index (χ0n) is 23.0. The molecule has 0 spiro atoms. The van der Waals surface area contributed by atoms with E-state index in [1.807, 2.05) is 6.92 Å². The first-order chi connectivity index (χ1) is 19.7. The maximum atomic E-state index is 13.6. The van der Waals surface area contributed by atoms with Crippen LogP contribution in [0.2, 0.25) is 0 Å². The highest BCUT2D eigenvalue weighted by atomic mass is 32.2. The van der Waals surface area contributed by atoms with Gasteiger partial charge in [0.2, 0.25) is 21.9 Å². The molecule has 0 saturated heterocycles. The first-order valence-electron chi connectivity index (χ1n) is 12.3. The van der Waals surface area contributed by atoms with Gasteiger partial charge in [0.1, 0.15) is 35.1 Å². The van der Waals surface area contributed by atoms with E-state index in [4.69, 9.17) is 18.9 Å². The maximum Gasteiger partial charge on any atom is 0.243 e. The van der Waals surface area contributed by atoms with Crippen LogP contribution in [0.15, 0.2) is 36.7 Å². The second-order valence-electron chi connectivity index (χ2n) is 8.69. The number of ether oxygens (including phenoxy) is 4. The molecule has 0 aliphatic carbocycles. The molecule has 0 unspecified atom stereocenters. The number of aryl methyl sites for hydroxylation is 1. The Morgan fingerprint density at radius 1 is 1.12 bits per heavy atom. The summed E-state index contributed by atoms with van der Waals surface area (Å²) in [5.74, 6) is 0.129. The fraction of sp³-hybridized carbons (Fsp3) is 0.346. The van der Waals surface area contributed by atoms with Crippen LogP contribution >= 0.6 is 0 Å². The first kappa shape index (κ1) is 29.5. The highest BCUT2D eigenvalue weighted by Gasteiger charge is 2.35. The Labute approximate surface area is 237 Å². The van der Waals surface area contributed by atoms with Gasteiger partial charge in [-0.05, 0) is 37.6 Å². The van der Waals surface area contributed by atoms with Crippen molar-refractivity contribution >= 4 is 16.0 Å². The molecule has 15 heteroatoms. The first-order valence-corrected chi connectivity index (χ1v) is 13.8. The number of benzene rings is 1. The number of hydrogen-bond acceptors (Lipinski definition) is 12. The molecule has 14 nitrogen and oxygen atoms in total. The molecule has 0 amide bonds. The predicted molar refractivity (Wildman–Crippen MR) is 146 cm³/mol. The van der Waals surface area contributed by atoms with Gasteiger partial charge in [0.15, 0.2) is 17.3 Å². The summed E-state index contributed by atoms with van der Waals surface area (Å²) < 4.78 is 52.5. The van der Waals surface area contributed by atoms with Crippen molar-refractivity contribution in [2.75, 3.05) is 39.3 Å². The lowest BCUT2D eigenvalue weighted by Crippen LogP contribution is -2.33. The number of para-hydroxylation sites is 1. The maximum absolute atomic E-state index is 13.6. The van der Waals surface area contributed by atoms with Crippen LogP contribution in [-0.2, 0) is 19.5 Å². The Hall–Kier alpha value is -4.52. The van der Waals surface area contributed by atoms with E-state index in [0.29, 0.717) is 6.61 Å². The largest absolute Gasteiger partial charge is 0.506 e. The number of phenols is 1. The number of hydrogen-bond donors (Lipinski definition) is 2. The minimum absolute atomic E-state index is 0.0220. The Bertz CT molecular complexity index is 1580. The molecule has 4 rings (SSSR count). The number of nitrogens with one attached hydrogen (secondary N) is 1. The molecule has 4 aromatic rings. The lowest BCUT2D eigenvalue weighted by molar-refractivity contribution is 0.0949. The minimum Gasteiger partial charge on any atom is -0.506 e. The summed E-state index contributed by atoms with van der Waals surface area (Å²) in [6.07, 6.45) is 2.14. The number of phenolic OH excluding ortho intramolecular Hbond substituents is 1. The van der Waals surface area contributed by atoms with E-state index in [1.165, 1.54) is 37.8 Å². The molecule has 3 aromatic heterocycles. The standard InChI is InChI=1S/C26H29N7O7S/c1-16-14-27-24(28-15-16)23(39-5)17(2)41(35,36)32-26-31-30-25(18-8-6-11-21(29-18)40-13-12-37-3)33(26)22-19(34)9-7-10-20(22)38-4/h7,9-11,14-15,17,23,34H,12-13H2,1-5H3,(H,31,32)/t17-,23-/m0/s1. The third-order valence-corrected chi connectivity index (χ3v) is 7.59. The van der Waals surface area contributed by atoms with Crippen LogP contribution in [0.3, 0.4) is 0 Å². The second-order valence-corrected chi connectivity index (χ2v) is 10.7. The van der Waals surface area contributed by atoms with Crippen molar-refractivity contribution in [1.82, 2.24) is 29.7 Å². The monoisotopic (exact) mass is 583 g/mol. The molecule has 0 radical (unpaired) electrons. The van der Waals surface area contributed by atoms with Crippen molar-refractivity contribution in [2.45, 2.75) is 25.2 Å². The lowest BCUT2D eigenvalue weighted by atomic mass is 10.2. The quantitative estimate of drug-likeness (QED) is 0.220. The summed E-state index contributed by atoms with van der Waals surface area (Å²) in [5, 5.41) is 17.9. The van der Waals surface area contributed by atoms with Gasteiger partial charge < -0.3 is 24.1 Å². The van der Waals surface area contributed by atoms with Crippen molar-refractivity contribution in [3.8, 4) is 34.6 Å². The normalized spacial score (nSPS) is 12.8. The molecule has 2 N–H and O–H groups in total. The molecule has 0 bridgehead atoms. The van der Waals surface area contributed by atoms with Crippen LogP contribution in [0.5, 0.6) is 17.4 Å². The molecule has 2 atom stereocenters. The van der Waals surface area contributed by atoms with Gasteiger partial charge in [0, 0.05) is 26.6 Å². The number of anilines is 1. The van der Waals surface area contributed by atoms with Gasteiger partial charge in [-0.15, -0.1) is 10.2 Å². The molecule has 0 saturated carbocycles. The number of rotatable bonds is 13. The molecule has 3 heterocycles. The summed E-state index contributed by atoms with van der Waals surface area (Å²) in [4.78, 5) is 12.8. The summed E-state index contributed by atoms with van der Waals surface area (Å²) in [6.45, 7) is 3.83. The van der Waals surface area contributed by atoms with E-state index in [9.17, 15) is 13.5 Å². The van der Waals surface area contributed by atoms with Gasteiger partial charge >= 0.3 is 0 Å². The van der Waals surface area contributed by atoms with E-state index < -0.39 is 21.4 Å². The summed E-state index contributed by atoms with van der Waals surface area (Å²) in [6, 6.07) is 11.7. The number of sulfonamides is 1. The van der Waals surface area contributed by atoms with Gasteiger partial charge in [0.05, 0.1) is 19.8 Å². The predicted octanol–water partition coefficient (Wildman–Crippen LogP) is 2.29. The van der Waals surface area contributed by atoms with Crippen molar-refractivity contribution in [1.29, 1.82) is 0 Å². The SMILES string of the molecule is COCCOc1cc#cc(-c2nnc(NS(=O)(=O)[C@@H](C)[C@H](OC)c3ncc(C)cn3)n2-c2c(O)cccc2OC)n1. The molecule has 0 fully saturated rings. The van der Waals surface area contributed by atoms with E-state index in [0.717, 1.165) is 5.56 Å². The minimum atomic E-state index is -4.22. The summed E-state index contributed by atoms with van der Waals surface area (Å²) in [5.41, 5.74) is 0.982. The molecular formula is C26H29N7O7S. The number of aromatic nitrogens is 6. The smallest absolute Gasteiger partial charge is 0.243 e. The molecule has 1 aromatic carbocycles. The van der Waals surface area contributed by atoms with E-state index >= 15 is 0 Å². The average molecular weight is 584 g/mol. The zero-order valence-corrected chi connectivity index (χ0v) is 23.8. The molecule has 41 heavy (non-hydrogen) atoms. The van der Waals surface area contributed by atoms with Gasteiger partial charge in [-0.25, -0.2) is 23.4 Å². The van der Waals surface area contributed by atoms with Crippen LogP contribution in [0.4, 0.5) is 5.95 Å². The Morgan fingerprint density at radius 2 is 1.88 bits per heavy atom. The van der Waals surface area contributed by atoms with Crippen LogP contribution < -0.4 is 14.2 Å². The highest BCUT2D eigenvalue weighted by molar-refractivity contribution is 7.93. The number of nitrogens with zero attached hydrogens (tertiary/aromatic N) is 6. The van der Waals surface area contributed by atoms with Gasteiger partial charge in [-0.1, -0.05) is 12.1 Å². The van der Waals surface area contributed by atoms with Crippen molar-refractivity contribution in [2.24, 2.45) is 0 Å². The fourth-order valence-electron chi connectivity index (χ4n) is 3.80. The second kappa shape index (κ2) is 12.8. The number of aromatic hydroxyl groups is 1. The van der Waals surface area contributed by atoms with Crippen LogP contribution in [0, 0.1) is 19.1 Å². The van der Waals surface area contributed by atoms with Gasteiger partial charge in [-0.3, -0.25) is 9.29 Å². The van der Waals surface area contributed by atoms with E-state index in [1.54, 1.807) is 31.6 Å². The third-order valence-electron chi connectivity index (χ3n) is 5.90. The highest BCUT2D eigenvalue weighted by Crippen LogP contribution is 2.37. The Kier molecular flexibility index (Phi) is 9.17. The molecule has 216 valence electrons. The van der Waals surface area contributed by atoms with Crippen LogP contribution in [0.1, 0.15) is 24.4 Å². The lowest BCUT2D eigenvalue weighted by Gasteiger charge is -2.22.